The minimum atomic E-state index is -0.812. The summed E-state index contributed by atoms with van der Waals surface area (Å²) in [6, 6.07) is 59.9. The molecule has 7 aromatic carbocycles. The van der Waals surface area contributed by atoms with Crippen molar-refractivity contribution in [2.45, 2.75) is 33.6 Å². The minimum absolute atomic E-state index is 0. The quantitative estimate of drug-likeness (QED) is 0.154. The van der Waals surface area contributed by atoms with Crippen molar-refractivity contribution in [3.8, 4) is 78.6 Å². The third-order valence-electron chi connectivity index (χ3n) is 10.7. The molecule has 0 unspecified atom stereocenters. The van der Waals surface area contributed by atoms with Gasteiger partial charge >= 0.3 is 0 Å². The molecule has 9 aromatic rings. The molecule has 0 aliphatic carbocycles. The number of phenols is 1. The molecule has 0 fully saturated rings. The van der Waals surface area contributed by atoms with Gasteiger partial charge in [0.15, 0.2) is 0 Å². The van der Waals surface area contributed by atoms with E-state index in [-0.39, 0.29) is 26.8 Å². The summed E-state index contributed by atoms with van der Waals surface area (Å²) in [4.78, 5) is 10.3. The molecule has 286 valence electrons. The first kappa shape index (κ1) is 37.2. The molecular formula is C53H42N3OPt-. The van der Waals surface area contributed by atoms with E-state index >= 15 is 0 Å². The summed E-state index contributed by atoms with van der Waals surface area (Å²) < 4.78 is 11.1. The molecule has 1 N–H and O–H groups in total. The third-order valence-corrected chi connectivity index (χ3v) is 10.7. The van der Waals surface area contributed by atoms with Gasteiger partial charge in [0.25, 0.3) is 0 Å². The summed E-state index contributed by atoms with van der Waals surface area (Å²) >= 11 is 0. The van der Waals surface area contributed by atoms with Gasteiger partial charge in [0, 0.05) is 39.9 Å². The van der Waals surface area contributed by atoms with Crippen LogP contribution in [-0.4, -0.2) is 19.6 Å². The second-order valence-corrected chi connectivity index (χ2v) is 14.9. The van der Waals surface area contributed by atoms with Crippen molar-refractivity contribution < 1.29 is 27.5 Å². The molecule has 0 atom stereocenters. The SMILES string of the molecule is [2H]C(C)(C)c1ccc(-n2c(-c3cc(C)cc(C)c3O)nc3c(-c4[c-]c(-c5cc(-c6ccccc6)ccn5)cc(-c5ccccc5)c4)cccc32)c(-c2ccccc2)c1.[Pt]. The van der Waals surface area contributed by atoms with E-state index in [0.717, 1.165) is 89.2 Å². The van der Waals surface area contributed by atoms with E-state index < -0.39 is 5.89 Å². The molecule has 5 heteroatoms. The van der Waals surface area contributed by atoms with Gasteiger partial charge in [-0.25, -0.2) is 4.98 Å². The van der Waals surface area contributed by atoms with Gasteiger partial charge in [-0.05, 0) is 89.0 Å². The molecule has 0 saturated heterocycles. The van der Waals surface area contributed by atoms with Crippen LogP contribution in [0.4, 0.5) is 0 Å². The van der Waals surface area contributed by atoms with Gasteiger partial charge in [-0.3, -0.25) is 9.55 Å². The van der Waals surface area contributed by atoms with Crippen LogP contribution in [-0.2, 0) is 21.1 Å². The molecule has 0 saturated carbocycles. The fourth-order valence-corrected chi connectivity index (χ4v) is 7.80. The van der Waals surface area contributed by atoms with Crippen molar-refractivity contribution in [3.05, 3.63) is 193 Å². The topological polar surface area (TPSA) is 50.9 Å². The molecular weight excluding hydrogens is 890 g/mol. The van der Waals surface area contributed by atoms with Crippen LogP contribution in [0.15, 0.2) is 170 Å². The number of hydrogen-bond acceptors (Lipinski definition) is 3. The van der Waals surface area contributed by atoms with Crippen LogP contribution in [0.2, 0.25) is 0 Å². The normalized spacial score (nSPS) is 11.6. The number of hydrogen-bond donors (Lipinski definition) is 1. The number of fused-ring (bicyclic) bond motifs is 1. The Hall–Kier alpha value is -6.35. The molecule has 0 radical (unpaired) electrons. The second kappa shape index (κ2) is 16.3. The maximum absolute atomic E-state index is 11.7. The summed E-state index contributed by atoms with van der Waals surface area (Å²) in [6.07, 6.45) is 1.86. The van der Waals surface area contributed by atoms with Gasteiger partial charge < -0.3 is 5.11 Å². The first-order chi connectivity index (χ1) is 28.1. The summed E-state index contributed by atoms with van der Waals surface area (Å²) in [5.41, 5.74) is 15.7. The molecule has 0 amide bonds. The van der Waals surface area contributed by atoms with Gasteiger partial charge in [-0.2, -0.15) is 0 Å². The Bertz CT molecular complexity index is 2950. The molecule has 9 rings (SSSR count). The largest absolute Gasteiger partial charge is 0.507 e. The number of rotatable bonds is 8. The Balaban J connectivity index is 0.00000484. The smallest absolute Gasteiger partial charge is 0.148 e. The Kier molecular flexibility index (Phi) is 10.4. The number of aromatic hydroxyl groups is 1. The maximum atomic E-state index is 11.7. The zero-order valence-electron chi connectivity index (χ0n) is 33.8. The number of pyridine rings is 1. The first-order valence-corrected chi connectivity index (χ1v) is 19.3. The second-order valence-electron chi connectivity index (χ2n) is 14.9. The molecule has 0 bridgehead atoms. The molecule has 0 aliphatic heterocycles. The average Bonchev–Trinajstić information content (AvgIpc) is 3.65. The van der Waals surface area contributed by atoms with Crippen LogP contribution in [0.1, 0.15) is 37.8 Å². The summed E-state index contributed by atoms with van der Waals surface area (Å²) in [5.74, 6) is 0.00461. The van der Waals surface area contributed by atoms with E-state index in [1.54, 1.807) is 0 Å². The van der Waals surface area contributed by atoms with Crippen molar-refractivity contribution >= 4 is 11.0 Å². The van der Waals surface area contributed by atoms with E-state index in [1.807, 2.05) is 88.5 Å². The van der Waals surface area contributed by atoms with Crippen molar-refractivity contribution in [3.63, 3.8) is 0 Å². The van der Waals surface area contributed by atoms with E-state index in [1.165, 1.54) is 0 Å². The van der Waals surface area contributed by atoms with Crippen LogP contribution >= 0.6 is 0 Å². The Morgan fingerprint density at radius 1 is 0.603 bits per heavy atom. The zero-order valence-corrected chi connectivity index (χ0v) is 35.0. The molecule has 4 nitrogen and oxygen atoms in total. The third kappa shape index (κ3) is 7.33. The van der Waals surface area contributed by atoms with Gasteiger partial charge in [0.05, 0.1) is 22.3 Å². The predicted molar refractivity (Wildman–Crippen MR) is 236 cm³/mol. The Morgan fingerprint density at radius 3 is 1.95 bits per heavy atom. The van der Waals surface area contributed by atoms with Crippen molar-refractivity contribution in [2.24, 2.45) is 0 Å². The molecule has 0 spiro atoms. The summed E-state index contributed by atoms with van der Waals surface area (Å²) in [7, 11) is 0. The molecule has 0 aliphatic rings. The molecule has 2 aromatic heterocycles. The van der Waals surface area contributed by atoms with E-state index in [9.17, 15) is 5.11 Å². The van der Waals surface area contributed by atoms with Crippen molar-refractivity contribution in [1.82, 2.24) is 14.5 Å². The monoisotopic (exact) mass is 932 g/mol. The number of phenolic OH excluding ortho intramolecular Hbond substituents is 1. The predicted octanol–water partition coefficient (Wildman–Crippen LogP) is 13.7. The first-order valence-electron chi connectivity index (χ1n) is 19.8. The number of nitrogens with zero attached hydrogens (tertiary/aromatic N) is 3. The number of benzene rings is 7. The Labute approximate surface area is 356 Å². The van der Waals surface area contributed by atoms with Gasteiger partial charge in [0.1, 0.15) is 11.6 Å². The van der Waals surface area contributed by atoms with Crippen molar-refractivity contribution in [1.29, 1.82) is 0 Å². The zero-order chi connectivity index (χ0) is 40.0. The minimum Gasteiger partial charge on any atom is -0.507 e. The number of aryl methyl sites for hydroxylation is 2. The number of imidazole rings is 1. The van der Waals surface area contributed by atoms with E-state index in [2.05, 4.69) is 120 Å². The fourth-order valence-electron chi connectivity index (χ4n) is 7.80. The summed E-state index contributed by atoms with van der Waals surface area (Å²) in [5, 5.41) is 11.7. The Morgan fingerprint density at radius 2 is 1.26 bits per heavy atom. The standard InChI is InChI=1S/C53H42N3O.Pt/c1-34(2)40-23-24-49(46(32-40)39-19-12-7-13-20-39)56-50-22-14-21-45(51(50)55-53(56)47-28-35(3)27-36(4)52(47)57)43-29-42(38-17-10-6-11-18-38)30-44(31-43)48-33-41(25-26-54-48)37-15-8-5-9-16-37;/h5-30,32-34,57H,1-4H3;/q-1;/i34D;. The van der Waals surface area contributed by atoms with Crippen molar-refractivity contribution in [2.75, 3.05) is 0 Å². The van der Waals surface area contributed by atoms with Crippen LogP contribution in [0.5, 0.6) is 5.75 Å². The van der Waals surface area contributed by atoms with Gasteiger partial charge in [-0.1, -0.05) is 152 Å². The van der Waals surface area contributed by atoms with Crippen LogP contribution in [0.3, 0.4) is 0 Å². The summed E-state index contributed by atoms with van der Waals surface area (Å²) in [6.45, 7) is 7.80. The maximum Gasteiger partial charge on any atom is 0.148 e. The average molecular weight is 933 g/mol. The number of aromatic nitrogens is 3. The number of para-hydroxylation sites is 1. The van der Waals surface area contributed by atoms with Gasteiger partial charge in [-0.15, -0.1) is 23.8 Å². The van der Waals surface area contributed by atoms with Gasteiger partial charge in [0.2, 0.25) is 0 Å². The molecule has 2 heterocycles. The van der Waals surface area contributed by atoms with Crippen LogP contribution < -0.4 is 0 Å². The van der Waals surface area contributed by atoms with E-state index in [4.69, 9.17) is 11.3 Å². The fraction of sp³-hybridized carbons (Fsp3) is 0.0943. The van der Waals surface area contributed by atoms with E-state index in [0.29, 0.717) is 11.4 Å². The van der Waals surface area contributed by atoms with Crippen LogP contribution in [0.25, 0.3) is 83.9 Å². The molecule has 58 heavy (non-hydrogen) atoms. The van der Waals surface area contributed by atoms with Crippen LogP contribution in [0, 0.1) is 19.9 Å².